The lowest BCUT2D eigenvalue weighted by Crippen LogP contribution is -2.13. The summed E-state index contributed by atoms with van der Waals surface area (Å²) in [6.45, 7) is 5.56. The first-order valence-electron chi connectivity index (χ1n) is 9.42. The second-order valence-electron chi connectivity index (χ2n) is 6.71. The molecule has 168 valence electrons. The number of aromatic nitrogens is 1. The largest absolute Gasteiger partial charge is 0.486 e. The van der Waals surface area contributed by atoms with Crippen LogP contribution in [0.1, 0.15) is 21.7 Å². The third-order valence-electron chi connectivity index (χ3n) is 4.51. The van der Waals surface area contributed by atoms with Crippen molar-refractivity contribution in [3.63, 3.8) is 0 Å². The molecule has 9 heteroatoms. The van der Waals surface area contributed by atoms with Crippen molar-refractivity contribution < 1.29 is 32.2 Å². The SMILES string of the molecule is C=Cc1cc(OCC(=O)OC)c(C)cc1OCc1nc(-c2ccc(C(F)(F)F)cc2)cs1. The number of aryl methyl sites for hydroxylation is 1. The van der Waals surface area contributed by atoms with Gasteiger partial charge in [-0.25, -0.2) is 9.78 Å². The minimum atomic E-state index is -4.37. The molecule has 3 aromatic rings. The zero-order valence-electron chi connectivity index (χ0n) is 17.4. The number of rotatable bonds is 8. The van der Waals surface area contributed by atoms with Crippen molar-refractivity contribution in [1.29, 1.82) is 0 Å². The number of nitrogens with zero attached hydrogens (tertiary/aromatic N) is 1. The summed E-state index contributed by atoms with van der Waals surface area (Å²) < 4.78 is 54.1. The Morgan fingerprint density at radius 3 is 2.50 bits per heavy atom. The standard InChI is InChI=1S/C23H20F3NO4S/c1-4-15-10-19(31-12-22(28)29-3)14(2)9-20(15)30-11-21-27-18(13-32-21)16-5-7-17(8-6-16)23(24,25)26/h4-10,13H,1,11-12H2,2-3H3. The van der Waals surface area contributed by atoms with Crippen molar-refractivity contribution in [2.75, 3.05) is 13.7 Å². The lowest BCUT2D eigenvalue weighted by molar-refractivity contribution is -0.143. The number of hydrogen-bond donors (Lipinski definition) is 0. The fraction of sp³-hybridized carbons (Fsp3) is 0.217. The summed E-state index contributed by atoms with van der Waals surface area (Å²) in [6, 6.07) is 8.36. The summed E-state index contributed by atoms with van der Waals surface area (Å²) in [7, 11) is 1.28. The van der Waals surface area contributed by atoms with Crippen molar-refractivity contribution in [1.82, 2.24) is 4.98 Å². The van der Waals surface area contributed by atoms with Crippen LogP contribution in [0, 0.1) is 6.92 Å². The maximum absolute atomic E-state index is 12.7. The molecule has 0 N–H and O–H groups in total. The van der Waals surface area contributed by atoms with E-state index in [9.17, 15) is 18.0 Å². The second kappa shape index (κ2) is 9.86. The number of alkyl halides is 3. The highest BCUT2D eigenvalue weighted by atomic mass is 32.1. The van der Waals surface area contributed by atoms with Crippen LogP contribution in [-0.4, -0.2) is 24.7 Å². The van der Waals surface area contributed by atoms with E-state index in [1.165, 1.54) is 30.6 Å². The van der Waals surface area contributed by atoms with Crippen LogP contribution in [0.25, 0.3) is 17.3 Å². The molecule has 5 nitrogen and oxygen atoms in total. The Morgan fingerprint density at radius 1 is 1.16 bits per heavy atom. The molecule has 0 atom stereocenters. The first-order chi connectivity index (χ1) is 15.2. The van der Waals surface area contributed by atoms with Gasteiger partial charge in [-0.1, -0.05) is 24.8 Å². The van der Waals surface area contributed by atoms with Crippen molar-refractivity contribution in [2.45, 2.75) is 19.7 Å². The number of esters is 1. The summed E-state index contributed by atoms with van der Waals surface area (Å²) in [5, 5.41) is 2.43. The van der Waals surface area contributed by atoms with E-state index in [0.29, 0.717) is 33.3 Å². The van der Waals surface area contributed by atoms with Gasteiger partial charge in [-0.15, -0.1) is 11.3 Å². The third kappa shape index (κ3) is 5.67. The van der Waals surface area contributed by atoms with Gasteiger partial charge in [0.1, 0.15) is 23.1 Å². The van der Waals surface area contributed by atoms with E-state index >= 15 is 0 Å². The number of benzene rings is 2. The first-order valence-corrected chi connectivity index (χ1v) is 10.3. The molecule has 0 aliphatic carbocycles. The van der Waals surface area contributed by atoms with Crippen LogP contribution in [0.3, 0.4) is 0 Å². The molecule has 0 fully saturated rings. The lowest BCUT2D eigenvalue weighted by atomic mass is 10.1. The average molecular weight is 463 g/mol. The highest BCUT2D eigenvalue weighted by Gasteiger charge is 2.30. The maximum Gasteiger partial charge on any atom is 0.416 e. The number of methoxy groups -OCH3 is 1. The predicted octanol–water partition coefficient (Wildman–Crippen LogP) is 5.91. The Morgan fingerprint density at radius 2 is 1.88 bits per heavy atom. The topological polar surface area (TPSA) is 57.7 Å². The van der Waals surface area contributed by atoms with Crippen LogP contribution in [-0.2, 0) is 22.3 Å². The van der Waals surface area contributed by atoms with Gasteiger partial charge in [0.2, 0.25) is 0 Å². The molecule has 3 rings (SSSR count). The van der Waals surface area contributed by atoms with Gasteiger partial charge in [-0.3, -0.25) is 0 Å². The monoisotopic (exact) mass is 463 g/mol. The van der Waals surface area contributed by atoms with E-state index in [0.717, 1.165) is 17.7 Å². The number of halogens is 3. The normalized spacial score (nSPS) is 11.2. The van der Waals surface area contributed by atoms with Gasteiger partial charge in [-0.2, -0.15) is 13.2 Å². The molecule has 0 spiro atoms. The van der Waals surface area contributed by atoms with E-state index in [4.69, 9.17) is 9.47 Å². The van der Waals surface area contributed by atoms with Gasteiger partial charge in [0.25, 0.3) is 0 Å². The van der Waals surface area contributed by atoms with Crippen molar-refractivity contribution in [2.24, 2.45) is 0 Å². The summed E-state index contributed by atoms with van der Waals surface area (Å²) in [6.07, 6.45) is -2.77. The highest BCUT2D eigenvalue weighted by molar-refractivity contribution is 7.09. The predicted molar refractivity (Wildman–Crippen MR) is 116 cm³/mol. The summed E-state index contributed by atoms with van der Waals surface area (Å²) in [5.41, 5.74) is 1.91. The lowest BCUT2D eigenvalue weighted by Gasteiger charge is -2.13. The molecule has 0 saturated carbocycles. The number of ether oxygens (including phenoxy) is 3. The molecular formula is C23H20F3NO4S. The van der Waals surface area contributed by atoms with Crippen molar-refractivity contribution in [3.05, 3.63) is 70.1 Å². The molecular weight excluding hydrogens is 443 g/mol. The molecule has 32 heavy (non-hydrogen) atoms. The van der Waals surface area contributed by atoms with Gasteiger partial charge >= 0.3 is 12.1 Å². The Labute approximate surface area is 187 Å². The van der Waals surface area contributed by atoms with E-state index < -0.39 is 17.7 Å². The minimum absolute atomic E-state index is 0.175. The number of hydrogen-bond acceptors (Lipinski definition) is 6. The first kappa shape index (κ1) is 23.3. The van der Waals surface area contributed by atoms with Crippen LogP contribution in [0.15, 0.2) is 48.4 Å². The summed E-state index contributed by atoms with van der Waals surface area (Å²) in [4.78, 5) is 15.7. The zero-order chi connectivity index (χ0) is 23.3. The third-order valence-corrected chi connectivity index (χ3v) is 5.33. The maximum atomic E-state index is 12.7. The van der Waals surface area contributed by atoms with E-state index in [1.807, 2.05) is 6.92 Å². The summed E-state index contributed by atoms with van der Waals surface area (Å²) in [5.74, 6) is 0.586. The molecule has 0 aliphatic heterocycles. The minimum Gasteiger partial charge on any atom is -0.486 e. The number of carbonyl (C=O) groups is 1. The van der Waals surface area contributed by atoms with E-state index in [2.05, 4.69) is 16.3 Å². The second-order valence-corrected chi connectivity index (χ2v) is 7.66. The van der Waals surface area contributed by atoms with Gasteiger partial charge < -0.3 is 14.2 Å². The Bertz CT molecular complexity index is 1110. The zero-order valence-corrected chi connectivity index (χ0v) is 18.2. The highest BCUT2D eigenvalue weighted by Crippen LogP contribution is 2.32. The fourth-order valence-corrected chi connectivity index (χ4v) is 3.51. The number of carbonyl (C=O) groups excluding carboxylic acids is 1. The van der Waals surface area contributed by atoms with Crippen molar-refractivity contribution in [3.8, 4) is 22.8 Å². The molecule has 1 heterocycles. The van der Waals surface area contributed by atoms with Gasteiger partial charge in [0.15, 0.2) is 6.61 Å². The molecule has 0 unspecified atom stereocenters. The van der Waals surface area contributed by atoms with Crippen molar-refractivity contribution >= 4 is 23.4 Å². The summed E-state index contributed by atoms with van der Waals surface area (Å²) >= 11 is 1.35. The van der Waals surface area contributed by atoms with E-state index in [1.54, 1.807) is 23.6 Å². The van der Waals surface area contributed by atoms with Crippen LogP contribution in [0.5, 0.6) is 11.5 Å². The van der Waals surface area contributed by atoms with Crippen LogP contribution in [0.4, 0.5) is 13.2 Å². The molecule has 1 aromatic heterocycles. The van der Waals surface area contributed by atoms with Gasteiger partial charge in [0.05, 0.1) is 18.4 Å². The molecule has 0 aliphatic rings. The Kier molecular flexibility index (Phi) is 7.19. The van der Waals surface area contributed by atoms with Gasteiger partial charge in [0, 0.05) is 16.5 Å². The fourth-order valence-electron chi connectivity index (χ4n) is 2.79. The van der Waals surface area contributed by atoms with E-state index in [-0.39, 0.29) is 13.2 Å². The molecule has 2 aromatic carbocycles. The van der Waals surface area contributed by atoms with Crippen LogP contribution < -0.4 is 9.47 Å². The Hall–Kier alpha value is -3.33. The quantitative estimate of drug-likeness (QED) is 0.389. The molecule has 0 bridgehead atoms. The molecule has 0 amide bonds. The molecule has 0 saturated heterocycles. The average Bonchev–Trinajstić information content (AvgIpc) is 3.25. The van der Waals surface area contributed by atoms with Gasteiger partial charge in [-0.05, 0) is 36.8 Å². The smallest absolute Gasteiger partial charge is 0.416 e. The van der Waals surface area contributed by atoms with Crippen LogP contribution in [0.2, 0.25) is 0 Å². The molecule has 0 radical (unpaired) electrons. The van der Waals surface area contributed by atoms with Crippen LogP contribution >= 0.6 is 11.3 Å². The Balaban J connectivity index is 1.69. The number of thiazole rings is 1.